The van der Waals surface area contributed by atoms with Gasteiger partial charge >= 0.3 is 0 Å². The molecule has 0 radical (unpaired) electrons. The molecule has 0 aliphatic rings. The van der Waals surface area contributed by atoms with Crippen molar-refractivity contribution in [2.45, 2.75) is 6.92 Å². The van der Waals surface area contributed by atoms with Crippen molar-refractivity contribution in [1.29, 1.82) is 0 Å². The monoisotopic (exact) mass is 231 g/mol. The maximum absolute atomic E-state index is 5.22. The maximum Gasteiger partial charge on any atom is 0.0109 e. The minimum absolute atomic E-state index is 0.774. The second-order valence-corrected chi connectivity index (χ2v) is 3.14. The van der Waals surface area contributed by atoms with Crippen LogP contribution in [0, 0.1) is 5.92 Å². The van der Waals surface area contributed by atoms with E-state index in [2.05, 4.69) is 29.5 Å². The Hall–Kier alpha value is 1.04. The van der Waals surface area contributed by atoms with Crippen molar-refractivity contribution in [3.05, 3.63) is 0 Å². The standard InChI is InChI=1S/C4H10INS/c1-4(2-5)3-7-6/h4H,2-3,6H2,1H3/t4-/m0/s1. The lowest BCUT2D eigenvalue weighted by molar-refractivity contribution is 0.777. The Balaban J connectivity index is 2.83. The van der Waals surface area contributed by atoms with E-state index >= 15 is 0 Å². The second kappa shape index (κ2) is 5.18. The van der Waals surface area contributed by atoms with Gasteiger partial charge in [0.05, 0.1) is 0 Å². The molecule has 0 aromatic rings. The van der Waals surface area contributed by atoms with Gasteiger partial charge in [-0.1, -0.05) is 41.5 Å². The summed E-state index contributed by atoms with van der Waals surface area (Å²) in [7, 11) is 0. The van der Waals surface area contributed by atoms with Crippen LogP contribution in [-0.4, -0.2) is 10.2 Å². The van der Waals surface area contributed by atoms with Crippen LogP contribution in [-0.2, 0) is 0 Å². The highest BCUT2D eigenvalue weighted by atomic mass is 127. The highest BCUT2D eigenvalue weighted by Crippen LogP contribution is 2.04. The third-order valence-electron chi connectivity index (χ3n) is 0.644. The van der Waals surface area contributed by atoms with E-state index in [0.29, 0.717) is 0 Å². The van der Waals surface area contributed by atoms with E-state index in [0.717, 1.165) is 11.7 Å². The molecule has 0 saturated heterocycles. The van der Waals surface area contributed by atoms with Gasteiger partial charge in [-0.05, 0) is 5.92 Å². The molecule has 0 aromatic heterocycles. The van der Waals surface area contributed by atoms with Crippen molar-refractivity contribution in [3.8, 4) is 0 Å². The smallest absolute Gasteiger partial charge is 0.0109 e. The zero-order valence-electron chi connectivity index (χ0n) is 4.36. The molecule has 3 heteroatoms. The Labute approximate surface area is 62.7 Å². The van der Waals surface area contributed by atoms with Gasteiger partial charge in [0.25, 0.3) is 0 Å². The van der Waals surface area contributed by atoms with E-state index in [9.17, 15) is 0 Å². The van der Waals surface area contributed by atoms with Crippen LogP contribution in [0.5, 0.6) is 0 Å². The summed E-state index contributed by atoms with van der Waals surface area (Å²) in [5, 5.41) is 5.22. The summed E-state index contributed by atoms with van der Waals surface area (Å²) in [5.74, 6) is 1.86. The summed E-state index contributed by atoms with van der Waals surface area (Å²) in [4.78, 5) is 0. The lowest BCUT2D eigenvalue weighted by atomic mass is 10.3. The predicted octanol–water partition coefficient (Wildman–Crippen LogP) is 1.66. The number of nitrogens with two attached hydrogens (primary N) is 1. The van der Waals surface area contributed by atoms with Crippen molar-refractivity contribution in [1.82, 2.24) is 0 Å². The molecule has 0 unspecified atom stereocenters. The molecule has 0 fully saturated rings. The zero-order valence-corrected chi connectivity index (χ0v) is 7.33. The molecule has 0 rings (SSSR count). The fourth-order valence-corrected chi connectivity index (χ4v) is 1.39. The first-order valence-electron chi connectivity index (χ1n) is 2.19. The quantitative estimate of drug-likeness (QED) is 0.454. The van der Waals surface area contributed by atoms with Gasteiger partial charge in [-0.25, -0.2) is 0 Å². The third kappa shape index (κ3) is 4.90. The van der Waals surface area contributed by atoms with Gasteiger partial charge in [0, 0.05) is 10.2 Å². The molecule has 7 heavy (non-hydrogen) atoms. The number of rotatable bonds is 3. The van der Waals surface area contributed by atoms with Crippen LogP contribution in [0.4, 0.5) is 0 Å². The molecule has 0 heterocycles. The Morgan fingerprint density at radius 1 is 1.86 bits per heavy atom. The summed E-state index contributed by atoms with van der Waals surface area (Å²) in [6.45, 7) is 2.20. The van der Waals surface area contributed by atoms with Crippen LogP contribution < -0.4 is 5.14 Å². The molecule has 0 bridgehead atoms. The minimum Gasteiger partial charge on any atom is -0.278 e. The predicted molar refractivity (Wildman–Crippen MR) is 44.7 cm³/mol. The van der Waals surface area contributed by atoms with Gasteiger partial charge in [-0.2, -0.15) is 0 Å². The number of hydrogen-bond donors (Lipinski definition) is 1. The summed E-state index contributed by atoms with van der Waals surface area (Å²) in [6, 6.07) is 0. The van der Waals surface area contributed by atoms with Crippen molar-refractivity contribution < 1.29 is 0 Å². The van der Waals surface area contributed by atoms with Gasteiger partial charge in [0.15, 0.2) is 0 Å². The largest absolute Gasteiger partial charge is 0.278 e. The first kappa shape index (κ1) is 8.04. The van der Waals surface area contributed by atoms with Gasteiger partial charge in [-0.15, -0.1) is 0 Å². The first-order valence-corrected chi connectivity index (χ1v) is 4.76. The highest BCUT2D eigenvalue weighted by Gasteiger charge is 1.94. The summed E-state index contributed by atoms with van der Waals surface area (Å²) in [6.07, 6.45) is 0. The number of halogens is 1. The SMILES string of the molecule is C[C@@H](CI)CSN. The van der Waals surface area contributed by atoms with E-state index in [-0.39, 0.29) is 0 Å². The van der Waals surface area contributed by atoms with Crippen LogP contribution in [0.1, 0.15) is 6.92 Å². The topological polar surface area (TPSA) is 26.0 Å². The fraction of sp³-hybridized carbons (Fsp3) is 1.00. The number of alkyl halides is 1. The molecule has 1 nitrogen and oxygen atoms in total. The van der Waals surface area contributed by atoms with Crippen LogP contribution in [0.3, 0.4) is 0 Å². The summed E-state index contributed by atoms with van der Waals surface area (Å²) >= 11 is 3.80. The Morgan fingerprint density at radius 2 is 2.43 bits per heavy atom. The molecule has 0 aliphatic carbocycles. The molecule has 0 amide bonds. The Kier molecular flexibility index (Phi) is 5.95. The maximum atomic E-state index is 5.22. The molecule has 0 aliphatic heterocycles. The minimum atomic E-state index is 0.774. The second-order valence-electron chi connectivity index (χ2n) is 1.59. The summed E-state index contributed by atoms with van der Waals surface area (Å²) in [5.41, 5.74) is 0. The molecule has 0 spiro atoms. The zero-order chi connectivity index (χ0) is 5.70. The van der Waals surface area contributed by atoms with E-state index in [1.807, 2.05) is 0 Å². The van der Waals surface area contributed by atoms with Crippen molar-refractivity contribution in [2.24, 2.45) is 11.1 Å². The normalized spacial score (nSPS) is 14.1. The van der Waals surface area contributed by atoms with E-state index in [1.165, 1.54) is 16.4 Å². The Bertz CT molecular complexity index is 42.7. The molecule has 44 valence electrons. The lowest BCUT2D eigenvalue weighted by Gasteiger charge is -2.00. The van der Waals surface area contributed by atoms with E-state index < -0.39 is 0 Å². The van der Waals surface area contributed by atoms with Gasteiger partial charge < -0.3 is 0 Å². The fourth-order valence-electron chi connectivity index (χ4n) is 0.209. The van der Waals surface area contributed by atoms with Crippen LogP contribution in [0.2, 0.25) is 0 Å². The summed E-state index contributed by atoms with van der Waals surface area (Å²) < 4.78 is 1.21. The van der Waals surface area contributed by atoms with Crippen molar-refractivity contribution in [3.63, 3.8) is 0 Å². The first-order chi connectivity index (χ1) is 3.31. The average Bonchev–Trinajstić information content (AvgIpc) is 1.68. The van der Waals surface area contributed by atoms with Crippen LogP contribution >= 0.6 is 34.5 Å². The number of hydrogen-bond acceptors (Lipinski definition) is 2. The van der Waals surface area contributed by atoms with E-state index in [1.54, 1.807) is 0 Å². The molecule has 1 atom stereocenters. The van der Waals surface area contributed by atoms with Crippen molar-refractivity contribution >= 4 is 34.5 Å². The lowest BCUT2D eigenvalue weighted by Crippen LogP contribution is -2.00. The van der Waals surface area contributed by atoms with Crippen LogP contribution in [0.25, 0.3) is 0 Å². The van der Waals surface area contributed by atoms with Gasteiger partial charge in [-0.3, -0.25) is 5.14 Å². The van der Waals surface area contributed by atoms with Gasteiger partial charge in [0.1, 0.15) is 0 Å². The highest BCUT2D eigenvalue weighted by molar-refractivity contribution is 14.1. The average molecular weight is 231 g/mol. The van der Waals surface area contributed by atoms with E-state index in [4.69, 9.17) is 5.14 Å². The molecular formula is C4H10INS. The Morgan fingerprint density at radius 3 is 2.57 bits per heavy atom. The van der Waals surface area contributed by atoms with Gasteiger partial charge in [0.2, 0.25) is 0 Å². The molecule has 0 saturated carbocycles. The van der Waals surface area contributed by atoms with Crippen LogP contribution in [0.15, 0.2) is 0 Å². The molecular weight excluding hydrogens is 221 g/mol. The van der Waals surface area contributed by atoms with Crippen molar-refractivity contribution in [2.75, 3.05) is 10.2 Å². The molecule has 0 aromatic carbocycles. The molecule has 2 N–H and O–H groups in total. The third-order valence-corrected chi connectivity index (χ3v) is 2.91.